The number of nitrogens with one attached hydrogen (secondary N) is 2. The van der Waals surface area contributed by atoms with Crippen LogP contribution in [0.2, 0.25) is 0 Å². The maximum atomic E-state index is 13.5. The molecule has 0 saturated heterocycles. The van der Waals surface area contributed by atoms with E-state index < -0.39 is 17.8 Å². The Hall–Kier alpha value is -2.41. The van der Waals surface area contributed by atoms with E-state index in [1.807, 2.05) is 17.5 Å². The van der Waals surface area contributed by atoms with Crippen molar-refractivity contribution < 1.29 is 18.7 Å². The zero-order chi connectivity index (χ0) is 17.4. The molecule has 1 aromatic carbocycles. The molecular weight excluding hydrogens is 331 g/mol. The van der Waals surface area contributed by atoms with Gasteiger partial charge >= 0.3 is 0 Å². The van der Waals surface area contributed by atoms with Gasteiger partial charge in [0.2, 0.25) is 5.91 Å². The molecule has 1 heterocycles. The highest BCUT2D eigenvalue weighted by molar-refractivity contribution is 7.09. The van der Waals surface area contributed by atoms with E-state index in [4.69, 9.17) is 4.74 Å². The predicted octanol–water partition coefficient (Wildman–Crippen LogP) is 2.82. The molecule has 2 rings (SSSR count). The summed E-state index contributed by atoms with van der Waals surface area (Å²) in [6, 6.07) is 9.81. The highest BCUT2D eigenvalue weighted by Crippen LogP contribution is 2.17. The minimum absolute atomic E-state index is 0.0116. The average Bonchev–Trinajstić information content (AvgIpc) is 3.08. The molecule has 0 radical (unpaired) electrons. The molecule has 1 atom stereocenters. The van der Waals surface area contributed by atoms with E-state index in [0.717, 1.165) is 6.42 Å². The highest BCUT2D eigenvalue weighted by Gasteiger charge is 2.16. The van der Waals surface area contributed by atoms with Gasteiger partial charge < -0.3 is 4.74 Å². The molecule has 0 saturated carbocycles. The van der Waals surface area contributed by atoms with E-state index in [-0.39, 0.29) is 11.7 Å². The number of hydrogen-bond acceptors (Lipinski definition) is 4. The van der Waals surface area contributed by atoms with E-state index >= 15 is 0 Å². The first-order chi connectivity index (χ1) is 11.6. The molecule has 7 heteroatoms. The third kappa shape index (κ3) is 5.66. The second-order valence-electron chi connectivity index (χ2n) is 5.16. The van der Waals surface area contributed by atoms with E-state index in [2.05, 4.69) is 10.9 Å². The van der Waals surface area contributed by atoms with E-state index in [0.29, 0.717) is 12.8 Å². The third-order valence-electron chi connectivity index (χ3n) is 3.24. The first-order valence-corrected chi connectivity index (χ1v) is 8.46. The summed E-state index contributed by atoms with van der Waals surface area (Å²) in [7, 11) is 0. The molecule has 0 aliphatic rings. The number of rotatable bonds is 7. The summed E-state index contributed by atoms with van der Waals surface area (Å²) in [6.45, 7) is 1.48. The Labute approximate surface area is 143 Å². The summed E-state index contributed by atoms with van der Waals surface area (Å²) in [5.74, 6) is -1.39. The van der Waals surface area contributed by atoms with Gasteiger partial charge in [-0.05, 0) is 43.3 Å². The van der Waals surface area contributed by atoms with Crippen molar-refractivity contribution in [1.82, 2.24) is 10.9 Å². The van der Waals surface area contributed by atoms with Crippen molar-refractivity contribution in [3.63, 3.8) is 0 Å². The Morgan fingerprint density at radius 1 is 1.21 bits per heavy atom. The summed E-state index contributed by atoms with van der Waals surface area (Å²) >= 11 is 1.65. The highest BCUT2D eigenvalue weighted by atomic mass is 32.1. The van der Waals surface area contributed by atoms with Crippen molar-refractivity contribution in [1.29, 1.82) is 0 Å². The lowest BCUT2D eigenvalue weighted by molar-refractivity contribution is -0.132. The molecule has 0 fully saturated rings. The standard InChI is InChI=1S/C17H19FN2O3S/c1-12(23-15-9-3-2-8-14(15)18)17(22)20-19-16(21)10-4-6-13-7-5-11-24-13/h2-3,5,7-9,11-12H,4,6,10H2,1H3,(H,19,21)(H,20,22)/t12-/m0/s1. The second-order valence-corrected chi connectivity index (χ2v) is 6.19. The minimum atomic E-state index is -0.937. The number of hydrazine groups is 1. The van der Waals surface area contributed by atoms with Gasteiger partial charge in [0.25, 0.3) is 5.91 Å². The minimum Gasteiger partial charge on any atom is -0.478 e. The van der Waals surface area contributed by atoms with Crippen LogP contribution in [0.1, 0.15) is 24.6 Å². The lowest BCUT2D eigenvalue weighted by Crippen LogP contribution is -2.47. The molecule has 0 unspecified atom stereocenters. The van der Waals surface area contributed by atoms with Crippen molar-refractivity contribution in [2.75, 3.05) is 0 Å². The van der Waals surface area contributed by atoms with Crippen LogP contribution in [0.5, 0.6) is 5.75 Å². The Morgan fingerprint density at radius 2 is 2.00 bits per heavy atom. The van der Waals surface area contributed by atoms with Crippen LogP contribution >= 0.6 is 11.3 Å². The van der Waals surface area contributed by atoms with Crippen molar-refractivity contribution >= 4 is 23.2 Å². The number of ether oxygens (including phenoxy) is 1. The van der Waals surface area contributed by atoms with Gasteiger partial charge in [-0.3, -0.25) is 20.4 Å². The van der Waals surface area contributed by atoms with E-state index in [1.54, 1.807) is 17.4 Å². The van der Waals surface area contributed by atoms with Crippen LogP contribution in [0.3, 0.4) is 0 Å². The number of amides is 2. The SMILES string of the molecule is C[C@H](Oc1ccccc1F)C(=O)NNC(=O)CCCc1cccs1. The Balaban J connectivity index is 1.68. The molecule has 0 aliphatic carbocycles. The number of carbonyl (C=O) groups excluding carboxylic acids is 2. The number of aryl methyl sites for hydroxylation is 1. The zero-order valence-corrected chi connectivity index (χ0v) is 14.1. The fourth-order valence-electron chi connectivity index (χ4n) is 1.96. The predicted molar refractivity (Wildman–Crippen MR) is 90.0 cm³/mol. The maximum Gasteiger partial charge on any atom is 0.279 e. The van der Waals surface area contributed by atoms with Crippen molar-refractivity contribution in [2.45, 2.75) is 32.3 Å². The summed E-state index contributed by atoms with van der Waals surface area (Å²) in [6.07, 6.45) is 0.893. The van der Waals surface area contributed by atoms with Gasteiger partial charge in [-0.15, -0.1) is 11.3 Å². The summed E-state index contributed by atoms with van der Waals surface area (Å²) in [5.41, 5.74) is 4.62. The van der Waals surface area contributed by atoms with E-state index in [1.165, 1.54) is 30.0 Å². The van der Waals surface area contributed by atoms with Crippen LogP contribution in [0, 0.1) is 5.82 Å². The Bertz CT molecular complexity index is 676. The summed E-state index contributed by atoms with van der Waals surface area (Å²) in [4.78, 5) is 24.8. The molecule has 1 aromatic heterocycles. The number of para-hydroxylation sites is 1. The van der Waals surface area contributed by atoms with Gasteiger partial charge in [-0.25, -0.2) is 4.39 Å². The Morgan fingerprint density at radius 3 is 2.71 bits per heavy atom. The van der Waals surface area contributed by atoms with Crippen molar-refractivity contribution in [2.24, 2.45) is 0 Å². The van der Waals surface area contributed by atoms with Gasteiger partial charge in [0, 0.05) is 11.3 Å². The smallest absolute Gasteiger partial charge is 0.279 e. The number of hydrogen-bond donors (Lipinski definition) is 2. The lowest BCUT2D eigenvalue weighted by atomic mass is 10.2. The molecule has 0 bridgehead atoms. The molecule has 2 aromatic rings. The van der Waals surface area contributed by atoms with Gasteiger partial charge in [-0.1, -0.05) is 18.2 Å². The van der Waals surface area contributed by atoms with Crippen LogP contribution in [0.15, 0.2) is 41.8 Å². The van der Waals surface area contributed by atoms with Crippen molar-refractivity contribution in [3.8, 4) is 5.75 Å². The van der Waals surface area contributed by atoms with Crippen LogP contribution < -0.4 is 15.6 Å². The summed E-state index contributed by atoms with van der Waals surface area (Å²) in [5, 5.41) is 1.99. The maximum absolute atomic E-state index is 13.5. The van der Waals surface area contributed by atoms with Crippen LogP contribution in [0.4, 0.5) is 4.39 Å². The largest absolute Gasteiger partial charge is 0.478 e. The molecule has 5 nitrogen and oxygen atoms in total. The van der Waals surface area contributed by atoms with Gasteiger partial charge in [0.15, 0.2) is 17.7 Å². The molecule has 0 aliphatic heterocycles. The first kappa shape index (κ1) is 17.9. The molecule has 24 heavy (non-hydrogen) atoms. The van der Waals surface area contributed by atoms with Gasteiger partial charge in [-0.2, -0.15) is 0 Å². The monoisotopic (exact) mass is 350 g/mol. The number of halogens is 1. The van der Waals surface area contributed by atoms with E-state index in [9.17, 15) is 14.0 Å². The number of carbonyl (C=O) groups is 2. The fraction of sp³-hybridized carbons (Fsp3) is 0.294. The quantitative estimate of drug-likeness (QED) is 0.755. The number of thiophene rings is 1. The second kappa shape index (κ2) is 9.02. The molecule has 128 valence electrons. The zero-order valence-electron chi connectivity index (χ0n) is 13.3. The lowest BCUT2D eigenvalue weighted by Gasteiger charge is -2.15. The summed E-state index contributed by atoms with van der Waals surface area (Å²) < 4.78 is 18.7. The average molecular weight is 350 g/mol. The third-order valence-corrected chi connectivity index (χ3v) is 4.18. The molecule has 2 amide bonds. The number of benzene rings is 1. The van der Waals surface area contributed by atoms with Crippen LogP contribution in [-0.2, 0) is 16.0 Å². The van der Waals surface area contributed by atoms with Gasteiger partial charge in [0.1, 0.15) is 0 Å². The topological polar surface area (TPSA) is 67.4 Å². The van der Waals surface area contributed by atoms with Crippen LogP contribution in [-0.4, -0.2) is 17.9 Å². The van der Waals surface area contributed by atoms with Crippen molar-refractivity contribution in [3.05, 3.63) is 52.5 Å². The molecule has 2 N–H and O–H groups in total. The van der Waals surface area contributed by atoms with Crippen LogP contribution in [0.25, 0.3) is 0 Å². The molecular formula is C17H19FN2O3S. The van der Waals surface area contributed by atoms with Gasteiger partial charge in [0.05, 0.1) is 0 Å². The Kier molecular flexibility index (Phi) is 6.74. The normalized spacial score (nSPS) is 11.6. The molecule has 0 spiro atoms. The fourth-order valence-corrected chi connectivity index (χ4v) is 2.71. The first-order valence-electron chi connectivity index (χ1n) is 7.58.